The Balaban J connectivity index is 1.71. The van der Waals surface area contributed by atoms with Gasteiger partial charge in [0.1, 0.15) is 0 Å². The zero-order chi connectivity index (χ0) is 19.2. The molecule has 0 aliphatic rings. The predicted octanol–water partition coefficient (Wildman–Crippen LogP) is 4.52. The predicted molar refractivity (Wildman–Crippen MR) is 108 cm³/mol. The van der Waals surface area contributed by atoms with Gasteiger partial charge in [0.2, 0.25) is 0 Å². The van der Waals surface area contributed by atoms with E-state index in [2.05, 4.69) is 5.32 Å². The van der Waals surface area contributed by atoms with E-state index in [1.807, 2.05) is 55.5 Å². The molecule has 0 fully saturated rings. The Labute approximate surface area is 159 Å². The van der Waals surface area contributed by atoms with Gasteiger partial charge >= 0.3 is 0 Å². The minimum absolute atomic E-state index is 0.0921. The van der Waals surface area contributed by atoms with Crippen LogP contribution in [0.5, 0.6) is 0 Å². The van der Waals surface area contributed by atoms with E-state index in [1.165, 1.54) is 0 Å². The first-order valence-electron chi connectivity index (χ1n) is 8.80. The highest BCUT2D eigenvalue weighted by Gasteiger charge is 2.13. The molecule has 3 rings (SSSR count). The fourth-order valence-corrected chi connectivity index (χ4v) is 2.87. The van der Waals surface area contributed by atoms with Crippen molar-refractivity contribution in [3.05, 3.63) is 101 Å². The first-order chi connectivity index (χ1) is 13.0. The summed E-state index contributed by atoms with van der Waals surface area (Å²) in [5, 5.41) is 2.86. The molecule has 0 aromatic heterocycles. The van der Waals surface area contributed by atoms with E-state index in [9.17, 15) is 9.59 Å². The van der Waals surface area contributed by atoms with E-state index in [4.69, 9.17) is 0 Å². The van der Waals surface area contributed by atoms with Crippen LogP contribution in [-0.4, -0.2) is 23.8 Å². The zero-order valence-corrected chi connectivity index (χ0v) is 15.5. The number of carbonyl (C=O) groups is 2. The summed E-state index contributed by atoms with van der Waals surface area (Å²) in [7, 11) is 1.77. The summed E-state index contributed by atoms with van der Waals surface area (Å²) in [5.41, 5.74) is 3.82. The van der Waals surface area contributed by atoms with Gasteiger partial charge in [0.15, 0.2) is 0 Å². The topological polar surface area (TPSA) is 49.4 Å². The van der Waals surface area contributed by atoms with Crippen LogP contribution in [-0.2, 0) is 6.54 Å². The van der Waals surface area contributed by atoms with E-state index in [-0.39, 0.29) is 11.8 Å². The fraction of sp³-hybridized carbons (Fsp3) is 0.130. The molecule has 0 radical (unpaired) electrons. The maximum Gasteiger partial charge on any atom is 0.255 e. The van der Waals surface area contributed by atoms with Crippen molar-refractivity contribution < 1.29 is 9.59 Å². The third kappa shape index (κ3) is 4.82. The van der Waals surface area contributed by atoms with Gasteiger partial charge in [0.05, 0.1) is 0 Å². The van der Waals surface area contributed by atoms with Crippen molar-refractivity contribution in [1.82, 2.24) is 4.90 Å². The highest BCUT2D eigenvalue weighted by atomic mass is 16.2. The average molecular weight is 358 g/mol. The number of benzene rings is 3. The summed E-state index contributed by atoms with van der Waals surface area (Å²) in [4.78, 5) is 26.8. The van der Waals surface area contributed by atoms with E-state index in [1.54, 1.807) is 42.3 Å². The zero-order valence-electron chi connectivity index (χ0n) is 15.5. The maximum atomic E-state index is 12.7. The lowest BCUT2D eigenvalue weighted by atomic mass is 10.1. The third-order valence-electron chi connectivity index (χ3n) is 4.26. The molecule has 0 saturated heterocycles. The van der Waals surface area contributed by atoms with E-state index >= 15 is 0 Å². The van der Waals surface area contributed by atoms with Crippen molar-refractivity contribution in [2.45, 2.75) is 13.5 Å². The summed E-state index contributed by atoms with van der Waals surface area (Å²) < 4.78 is 0. The molecule has 1 N–H and O–H groups in total. The third-order valence-corrected chi connectivity index (χ3v) is 4.26. The number of hydrogen-bond donors (Lipinski definition) is 1. The van der Waals surface area contributed by atoms with Gasteiger partial charge in [-0.1, -0.05) is 54.1 Å². The molecule has 0 saturated carbocycles. The van der Waals surface area contributed by atoms with Crippen molar-refractivity contribution in [3.63, 3.8) is 0 Å². The highest BCUT2D eigenvalue weighted by molar-refractivity contribution is 6.05. The molecule has 0 atom stereocenters. The van der Waals surface area contributed by atoms with Crippen LogP contribution in [0, 0.1) is 6.92 Å². The van der Waals surface area contributed by atoms with Crippen LogP contribution in [0.1, 0.15) is 31.8 Å². The number of nitrogens with one attached hydrogen (secondary N) is 1. The second kappa shape index (κ2) is 8.32. The van der Waals surface area contributed by atoms with Crippen molar-refractivity contribution in [2.24, 2.45) is 0 Å². The number of carbonyl (C=O) groups excluding carboxylic acids is 2. The molecule has 4 nitrogen and oxygen atoms in total. The van der Waals surface area contributed by atoms with Crippen molar-refractivity contribution in [2.75, 3.05) is 12.4 Å². The van der Waals surface area contributed by atoms with Gasteiger partial charge in [0.25, 0.3) is 11.8 Å². The number of anilines is 1. The van der Waals surface area contributed by atoms with Gasteiger partial charge in [-0.15, -0.1) is 0 Å². The summed E-state index contributed by atoms with van der Waals surface area (Å²) in [5.74, 6) is -0.286. The lowest BCUT2D eigenvalue weighted by molar-refractivity contribution is 0.0784. The van der Waals surface area contributed by atoms with Crippen molar-refractivity contribution >= 4 is 17.5 Å². The van der Waals surface area contributed by atoms with Crippen LogP contribution in [0.2, 0.25) is 0 Å². The van der Waals surface area contributed by atoms with Gasteiger partial charge in [-0.3, -0.25) is 9.59 Å². The second-order valence-electron chi connectivity index (χ2n) is 6.55. The molecule has 0 spiro atoms. The number of aryl methyl sites for hydroxylation is 1. The monoisotopic (exact) mass is 358 g/mol. The number of nitrogens with zero attached hydrogens (tertiary/aromatic N) is 1. The average Bonchev–Trinajstić information content (AvgIpc) is 2.68. The highest BCUT2D eigenvalue weighted by Crippen LogP contribution is 2.15. The van der Waals surface area contributed by atoms with Crippen molar-refractivity contribution in [3.8, 4) is 0 Å². The van der Waals surface area contributed by atoms with E-state index in [0.717, 1.165) is 11.1 Å². The fourth-order valence-electron chi connectivity index (χ4n) is 2.87. The molecule has 0 aliphatic heterocycles. The Kier molecular flexibility index (Phi) is 5.67. The molecule has 27 heavy (non-hydrogen) atoms. The summed E-state index contributed by atoms with van der Waals surface area (Å²) in [6.07, 6.45) is 0. The Hall–Kier alpha value is -3.40. The van der Waals surface area contributed by atoms with Crippen LogP contribution in [0.3, 0.4) is 0 Å². The SMILES string of the molecule is Cc1cccc(C(=O)Nc2cccc(C(=O)N(C)Cc3ccccc3)c2)c1. The molecule has 0 bridgehead atoms. The van der Waals surface area contributed by atoms with Gasteiger partial charge in [-0.2, -0.15) is 0 Å². The quantitative estimate of drug-likeness (QED) is 0.729. The number of hydrogen-bond acceptors (Lipinski definition) is 2. The largest absolute Gasteiger partial charge is 0.337 e. The van der Waals surface area contributed by atoms with Gasteiger partial charge in [-0.05, 0) is 42.8 Å². The van der Waals surface area contributed by atoms with Gasteiger partial charge in [-0.25, -0.2) is 0 Å². The standard InChI is InChI=1S/C23H22N2O2/c1-17-8-6-11-19(14-17)22(26)24-21-13-7-12-20(15-21)23(27)25(2)16-18-9-4-3-5-10-18/h3-15H,16H2,1-2H3,(H,24,26). The van der Waals surface area contributed by atoms with Gasteiger partial charge < -0.3 is 10.2 Å². The Morgan fingerprint density at radius 1 is 0.852 bits per heavy atom. The second-order valence-corrected chi connectivity index (χ2v) is 6.55. The number of amides is 2. The Bertz CT molecular complexity index is 951. The minimum Gasteiger partial charge on any atom is -0.337 e. The van der Waals surface area contributed by atoms with Crippen LogP contribution >= 0.6 is 0 Å². The smallest absolute Gasteiger partial charge is 0.255 e. The molecule has 3 aromatic rings. The molecule has 0 unspecified atom stereocenters. The summed E-state index contributed by atoms with van der Waals surface area (Å²) >= 11 is 0. The maximum absolute atomic E-state index is 12.7. The lowest BCUT2D eigenvalue weighted by Gasteiger charge is -2.18. The summed E-state index contributed by atoms with van der Waals surface area (Å²) in [6, 6.07) is 24.2. The minimum atomic E-state index is -0.194. The van der Waals surface area contributed by atoms with Crippen LogP contribution in [0.4, 0.5) is 5.69 Å². The molecular weight excluding hydrogens is 336 g/mol. The first kappa shape index (κ1) is 18.4. The normalized spacial score (nSPS) is 10.3. The number of rotatable bonds is 5. The van der Waals surface area contributed by atoms with Crippen LogP contribution < -0.4 is 5.32 Å². The summed E-state index contributed by atoms with van der Waals surface area (Å²) in [6.45, 7) is 2.47. The van der Waals surface area contributed by atoms with Crippen LogP contribution in [0.15, 0.2) is 78.9 Å². The first-order valence-corrected chi connectivity index (χ1v) is 8.80. The molecular formula is C23H22N2O2. The molecule has 3 aromatic carbocycles. The lowest BCUT2D eigenvalue weighted by Crippen LogP contribution is -2.26. The molecule has 4 heteroatoms. The molecule has 2 amide bonds. The Morgan fingerprint density at radius 2 is 1.56 bits per heavy atom. The molecule has 0 heterocycles. The Morgan fingerprint density at radius 3 is 2.30 bits per heavy atom. The molecule has 0 aliphatic carbocycles. The van der Waals surface area contributed by atoms with Gasteiger partial charge in [0, 0.05) is 30.4 Å². The van der Waals surface area contributed by atoms with E-state index < -0.39 is 0 Å². The van der Waals surface area contributed by atoms with Crippen molar-refractivity contribution in [1.29, 1.82) is 0 Å². The van der Waals surface area contributed by atoms with E-state index in [0.29, 0.717) is 23.4 Å². The molecule has 136 valence electrons. The van der Waals surface area contributed by atoms with Crippen LogP contribution in [0.25, 0.3) is 0 Å².